The molecule has 4 rings (SSSR count). The van der Waals surface area contributed by atoms with Gasteiger partial charge in [-0.25, -0.2) is 9.78 Å². The summed E-state index contributed by atoms with van der Waals surface area (Å²) in [7, 11) is 0. The van der Waals surface area contributed by atoms with Crippen LogP contribution in [0.4, 0.5) is 10.5 Å². The van der Waals surface area contributed by atoms with E-state index in [4.69, 9.17) is 10.5 Å². The highest BCUT2D eigenvalue weighted by molar-refractivity contribution is 5.96. The standard InChI is InChI=1S/C25H32N6O4/c26-23(32)20-14-21(17-27-16-20)29-25(34)31-11-9-30(10-12-31)24(33)19-6-8-28-22(15-19)35-13-7-18-4-2-1-3-5-18/h6,8,14-18H,1-5,7,9-13H2,(H2,26,32)(H,29,34). The molecule has 1 saturated heterocycles. The molecule has 1 aliphatic heterocycles. The van der Waals surface area contributed by atoms with E-state index in [-0.39, 0.29) is 17.5 Å². The molecular weight excluding hydrogens is 448 g/mol. The summed E-state index contributed by atoms with van der Waals surface area (Å²) < 4.78 is 5.84. The number of primary amides is 1. The van der Waals surface area contributed by atoms with Crippen LogP contribution in [-0.4, -0.2) is 70.4 Å². The number of anilines is 1. The second-order valence-electron chi connectivity index (χ2n) is 9.06. The Hall–Kier alpha value is -3.69. The Labute approximate surface area is 204 Å². The number of nitrogens with zero attached hydrogens (tertiary/aromatic N) is 4. The van der Waals surface area contributed by atoms with Gasteiger partial charge in [0.15, 0.2) is 0 Å². The van der Waals surface area contributed by atoms with Crippen LogP contribution in [0.2, 0.25) is 0 Å². The normalized spacial score (nSPS) is 16.6. The summed E-state index contributed by atoms with van der Waals surface area (Å²) in [6.07, 6.45) is 11.9. The molecule has 1 aliphatic carbocycles. The smallest absolute Gasteiger partial charge is 0.322 e. The molecular formula is C25H32N6O4. The maximum Gasteiger partial charge on any atom is 0.322 e. The van der Waals surface area contributed by atoms with E-state index in [0.29, 0.717) is 49.9 Å². The van der Waals surface area contributed by atoms with Gasteiger partial charge >= 0.3 is 6.03 Å². The van der Waals surface area contributed by atoms with Crippen molar-refractivity contribution in [3.05, 3.63) is 47.9 Å². The summed E-state index contributed by atoms with van der Waals surface area (Å²) >= 11 is 0. The lowest BCUT2D eigenvalue weighted by molar-refractivity contribution is 0.0671. The van der Waals surface area contributed by atoms with Crippen LogP contribution in [0.15, 0.2) is 36.8 Å². The maximum absolute atomic E-state index is 13.0. The molecule has 2 aromatic heterocycles. The Morgan fingerprint density at radius 2 is 1.74 bits per heavy atom. The second-order valence-corrected chi connectivity index (χ2v) is 9.06. The molecule has 0 bridgehead atoms. The van der Waals surface area contributed by atoms with E-state index in [2.05, 4.69) is 15.3 Å². The topological polar surface area (TPSA) is 131 Å². The van der Waals surface area contributed by atoms with Gasteiger partial charge in [-0.15, -0.1) is 0 Å². The van der Waals surface area contributed by atoms with Gasteiger partial charge in [0.2, 0.25) is 11.8 Å². The summed E-state index contributed by atoms with van der Waals surface area (Å²) in [4.78, 5) is 48.4. The summed E-state index contributed by atoms with van der Waals surface area (Å²) in [6.45, 7) is 2.20. The van der Waals surface area contributed by atoms with Crippen molar-refractivity contribution in [3.63, 3.8) is 0 Å². The predicted octanol–water partition coefficient (Wildman–Crippen LogP) is 2.91. The Balaban J connectivity index is 1.25. The molecule has 186 valence electrons. The Kier molecular flexibility index (Phi) is 8.12. The second kappa shape index (κ2) is 11.6. The van der Waals surface area contributed by atoms with Gasteiger partial charge in [-0.1, -0.05) is 32.1 Å². The molecule has 2 aromatic rings. The van der Waals surface area contributed by atoms with Gasteiger partial charge in [0, 0.05) is 50.2 Å². The van der Waals surface area contributed by atoms with Crippen LogP contribution in [0, 0.1) is 5.92 Å². The van der Waals surface area contributed by atoms with Crippen molar-refractivity contribution >= 4 is 23.5 Å². The minimum Gasteiger partial charge on any atom is -0.478 e. The highest BCUT2D eigenvalue weighted by atomic mass is 16.5. The number of carbonyl (C=O) groups excluding carboxylic acids is 3. The van der Waals surface area contributed by atoms with Crippen molar-refractivity contribution < 1.29 is 19.1 Å². The van der Waals surface area contributed by atoms with Gasteiger partial charge in [0.05, 0.1) is 24.1 Å². The Bertz CT molecular complexity index is 1050. The fourth-order valence-corrected chi connectivity index (χ4v) is 4.57. The predicted molar refractivity (Wildman–Crippen MR) is 130 cm³/mol. The Morgan fingerprint density at radius 1 is 1.00 bits per heavy atom. The molecule has 0 atom stereocenters. The van der Waals surface area contributed by atoms with Gasteiger partial charge < -0.3 is 25.6 Å². The highest BCUT2D eigenvalue weighted by Gasteiger charge is 2.25. The lowest BCUT2D eigenvalue weighted by Crippen LogP contribution is -2.51. The Morgan fingerprint density at radius 3 is 2.49 bits per heavy atom. The first-order chi connectivity index (χ1) is 17.0. The average Bonchev–Trinajstić information content (AvgIpc) is 2.89. The third-order valence-electron chi connectivity index (χ3n) is 6.61. The molecule has 4 amide bonds. The largest absolute Gasteiger partial charge is 0.478 e. The number of hydrogen-bond acceptors (Lipinski definition) is 6. The zero-order valence-electron chi connectivity index (χ0n) is 19.8. The van der Waals surface area contributed by atoms with E-state index in [1.165, 1.54) is 50.6 Å². The number of rotatable bonds is 7. The molecule has 2 aliphatic rings. The summed E-state index contributed by atoms with van der Waals surface area (Å²) in [5.74, 6) is 0.472. The lowest BCUT2D eigenvalue weighted by atomic mass is 9.87. The average molecular weight is 481 g/mol. The number of urea groups is 1. The first kappa shape index (κ1) is 24.4. The SMILES string of the molecule is NC(=O)c1cncc(NC(=O)N2CCN(C(=O)c3ccnc(OCCC4CCCCC4)c3)CC2)c1. The van der Waals surface area contributed by atoms with Crippen molar-refractivity contribution in [2.24, 2.45) is 11.7 Å². The third kappa shape index (κ3) is 6.68. The molecule has 10 nitrogen and oxygen atoms in total. The van der Waals surface area contributed by atoms with Crippen LogP contribution in [-0.2, 0) is 0 Å². The van der Waals surface area contributed by atoms with Crippen LogP contribution >= 0.6 is 0 Å². The number of carbonyl (C=O) groups is 3. The zero-order chi connectivity index (χ0) is 24.6. The number of pyridine rings is 2. The van der Waals surface area contributed by atoms with E-state index in [0.717, 1.165) is 12.3 Å². The number of piperazine rings is 1. The van der Waals surface area contributed by atoms with Crippen molar-refractivity contribution in [2.45, 2.75) is 38.5 Å². The number of amides is 4. The number of nitrogens with two attached hydrogens (primary N) is 1. The fraction of sp³-hybridized carbons (Fsp3) is 0.480. The molecule has 35 heavy (non-hydrogen) atoms. The first-order valence-electron chi connectivity index (χ1n) is 12.2. The number of hydrogen-bond donors (Lipinski definition) is 2. The maximum atomic E-state index is 13.0. The third-order valence-corrected chi connectivity index (χ3v) is 6.61. The van der Waals surface area contributed by atoms with Gasteiger partial charge in [0.1, 0.15) is 0 Å². The van der Waals surface area contributed by atoms with E-state index in [9.17, 15) is 14.4 Å². The van der Waals surface area contributed by atoms with Crippen LogP contribution < -0.4 is 15.8 Å². The van der Waals surface area contributed by atoms with Crippen LogP contribution in [0.1, 0.15) is 59.2 Å². The summed E-state index contributed by atoms with van der Waals surface area (Å²) in [5.41, 5.74) is 6.39. The molecule has 0 radical (unpaired) electrons. The minimum atomic E-state index is -0.616. The number of nitrogens with one attached hydrogen (secondary N) is 1. The molecule has 0 aromatic carbocycles. The molecule has 1 saturated carbocycles. The van der Waals surface area contributed by atoms with Crippen molar-refractivity contribution in [1.82, 2.24) is 19.8 Å². The monoisotopic (exact) mass is 480 g/mol. The van der Waals surface area contributed by atoms with Crippen molar-refractivity contribution in [3.8, 4) is 5.88 Å². The van der Waals surface area contributed by atoms with Gasteiger partial charge in [-0.2, -0.15) is 0 Å². The molecule has 3 N–H and O–H groups in total. The van der Waals surface area contributed by atoms with E-state index >= 15 is 0 Å². The van der Waals surface area contributed by atoms with E-state index in [1.54, 1.807) is 28.1 Å². The quantitative estimate of drug-likeness (QED) is 0.627. The first-order valence-corrected chi connectivity index (χ1v) is 12.2. The molecule has 2 fully saturated rings. The molecule has 0 spiro atoms. The molecule has 10 heteroatoms. The van der Waals surface area contributed by atoms with Crippen LogP contribution in [0.25, 0.3) is 0 Å². The lowest BCUT2D eigenvalue weighted by Gasteiger charge is -2.34. The van der Waals surface area contributed by atoms with Gasteiger partial charge in [-0.3, -0.25) is 14.6 Å². The molecule has 3 heterocycles. The van der Waals surface area contributed by atoms with Crippen LogP contribution in [0.5, 0.6) is 5.88 Å². The molecule has 0 unspecified atom stereocenters. The van der Waals surface area contributed by atoms with E-state index in [1.807, 2.05) is 0 Å². The van der Waals surface area contributed by atoms with Crippen molar-refractivity contribution in [1.29, 1.82) is 0 Å². The minimum absolute atomic E-state index is 0.108. The summed E-state index contributed by atoms with van der Waals surface area (Å²) in [6, 6.07) is 4.54. The van der Waals surface area contributed by atoms with Crippen LogP contribution in [0.3, 0.4) is 0 Å². The zero-order valence-corrected chi connectivity index (χ0v) is 19.8. The van der Waals surface area contributed by atoms with Gasteiger partial charge in [0.25, 0.3) is 5.91 Å². The van der Waals surface area contributed by atoms with Gasteiger partial charge in [-0.05, 0) is 24.5 Å². The number of aromatic nitrogens is 2. The number of ether oxygens (including phenoxy) is 1. The highest BCUT2D eigenvalue weighted by Crippen LogP contribution is 2.26. The van der Waals surface area contributed by atoms with Crippen molar-refractivity contribution in [2.75, 3.05) is 38.1 Å². The fourth-order valence-electron chi connectivity index (χ4n) is 4.57. The van der Waals surface area contributed by atoms with E-state index < -0.39 is 5.91 Å². The summed E-state index contributed by atoms with van der Waals surface area (Å²) in [5, 5.41) is 2.72.